The van der Waals surface area contributed by atoms with E-state index in [0.29, 0.717) is 28.4 Å². The lowest BCUT2D eigenvalue weighted by atomic mass is 10.1. The minimum absolute atomic E-state index is 0.107. The number of carbonyl (C=O) groups excluding carboxylic acids is 1. The third kappa shape index (κ3) is 6.80. The molecule has 0 aromatic heterocycles. The van der Waals surface area contributed by atoms with Crippen LogP contribution in [0.4, 0.5) is 26.3 Å². The molecular weight excluding hydrogens is 562 g/mol. The van der Waals surface area contributed by atoms with E-state index in [1.165, 1.54) is 6.07 Å². The third-order valence-corrected chi connectivity index (χ3v) is 5.86. The SMILES string of the molecule is O=C(O)CCc1ccc(C(F)(F)F)cc1Br.O=C1CCc2c(Br)cc(C(F)(F)F)cc21. The number of aliphatic carboxylic acids is 1. The first-order valence-electron chi connectivity index (χ1n) is 8.70. The lowest BCUT2D eigenvalue weighted by Gasteiger charge is -2.09. The van der Waals surface area contributed by atoms with Crippen LogP contribution < -0.4 is 0 Å². The molecule has 11 heteroatoms. The van der Waals surface area contributed by atoms with Crippen LogP contribution in [0.1, 0.15) is 45.5 Å². The molecule has 1 aliphatic carbocycles. The van der Waals surface area contributed by atoms with Crippen LogP contribution in [-0.4, -0.2) is 16.9 Å². The number of hydrogen-bond donors (Lipinski definition) is 1. The molecule has 0 aliphatic heterocycles. The number of hydrogen-bond acceptors (Lipinski definition) is 2. The van der Waals surface area contributed by atoms with Crippen molar-refractivity contribution in [3.8, 4) is 0 Å². The number of benzene rings is 2. The molecule has 2 aromatic rings. The zero-order chi connectivity index (χ0) is 23.6. The largest absolute Gasteiger partial charge is 0.481 e. The Morgan fingerprint density at radius 1 is 0.903 bits per heavy atom. The molecular formula is C20H14Br2F6O3. The third-order valence-electron chi connectivity index (χ3n) is 4.41. The van der Waals surface area contributed by atoms with Crippen LogP contribution in [0.2, 0.25) is 0 Å². The van der Waals surface area contributed by atoms with Gasteiger partial charge < -0.3 is 5.11 Å². The van der Waals surface area contributed by atoms with E-state index in [-0.39, 0.29) is 28.7 Å². The van der Waals surface area contributed by atoms with Gasteiger partial charge in [-0.2, -0.15) is 26.3 Å². The first-order chi connectivity index (χ1) is 14.2. The van der Waals surface area contributed by atoms with Crippen molar-refractivity contribution in [3.63, 3.8) is 0 Å². The zero-order valence-electron chi connectivity index (χ0n) is 15.5. The Balaban J connectivity index is 0.000000220. The fraction of sp³-hybridized carbons (Fsp3) is 0.300. The minimum atomic E-state index is -4.40. The molecule has 0 saturated heterocycles. The Kier molecular flexibility index (Phi) is 7.96. The van der Waals surface area contributed by atoms with E-state index in [2.05, 4.69) is 31.9 Å². The second-order valence-corrected chi connectivity index (χ2v) is 8.31. The maximum atomic E-state index is 12.4. The van der Waals surface area contributed by atoms with Gasteiger partial charge in [-0.05, 0) is 48.2 Å². The van der Waals surface area contributed by atoms with Gasteiger partial charge in [-0.1, -0.05) is 37.9 Å². The van der Waals surface area contributed by atoms with Crippen molar-refractivity contribution in [2.45, 2.75) is 38.0 Å². The van der Waals surface area contributed by atoms with Crippen molar-refractivity contribution in [1.29, 1.82) is 0 Å². The van der Waals surface area contributed by atoms with E-state index in [9.17, 15) is 35.9 Å². The summed E-state index contributed by atoms with van der Waals surface area (Å²) >= 11 is 6.06. The number of aryl methyl sites for hydroxylation is 1. The summed E-state index contributed by atoms with van der Waals surface area (Å²) in [4.78, 5) is 21.6. The zero-order valence-corrected chi connectivity index (χ0v) is 18.7. The van der Waals surface area contributed by atoms with E-state index in [4.69, 9.17) is 5.11 Å². The highest BCUT2D eigenvalue weighted by atomic mass is 79.9. The molecule has 1 aliphatic rings. The van der Waals surface area contributed by atoms with Gasteiger partial charge in [0.2, 0.25) is 0 Å². The van der Waals surface area contributed by atoms with Gasteiger partial charge in [0.25, 0.3) is 0 Å². The molecule has 168 valence electrons. The monoisotopic (exact) mass is 574 g/mol. The van der Waals surface area contributed by atoms with E-state index in [0.717, 1.165) is 24.3 Å². The lowest BCUT2D eigenvalue weighted by Crippen LogP contribution is -2.07. The second kappa shape index (κ2) is 9.72. The molecule has 0 spiro atoms. The number of carboxylic acids is 1. The molecule has 0 radical (unpaired) electrons. The number of ketones is 1. The van der Waals surface area contributed by atoms with Crippen LogP contribution in [0.3, 0.4) is 0 Å². The summed E-state index contributed by atoms with van der Waals surface area (Å²) in [7, 11) is 0. The smallest absolute Gasteiger partial charge is 0.416 e. The molecule has 3 nitrogen and oxygen atoms in total. The summed E-state index contributed by atoms with van der Waals surface area (Å²) in [6.45, 7) is 0. The van der Waals surface area contributed by atoms with Crippen molar-refractivity contribution < 1.29 is 41.0 Å². The number of fused-ring (bicyclic) bond motifs is 1. The predicted molar refractivity (Wildman–Crippen MR) is 107 cm³/mol. The van der Waals surface area contributed by atoms with Gasteiger partial charge in [0.1, 0.15) is 0 Å². The molecule has 3 rings (SSSR count). The number of halogens is 8. The summed E-state index contributed by atoms with van der Waals surface area (Å²) in [6.07, 6.45) is -7.87. The van der Waals surface area contributed by atoms with Crippen molar-refractivity contribution in [3.05, 3.63) is 67.1 Å². The van der Waals surface area contributed by atoms with Crippen molar-refractivity contribution in [2.24, 2.45) is 0 Å². The van der Waals surface area contributed by atoms with Crippen LogP contribution in [-0.2, 0) is 30.0 Å². The second-order valence-electron chi connectivity index (χ2n) is 6.60. The van der Waals surface area contributed by atoms with Crippen molar-refractivity contribution in [2.75, 3.05) is 0 Å². The Morgan fingerprint density at radius 2 is 1.48 bits per heavy atom. The highest BCUT2D eigenvalue weighted by Crippen LogP contribution is 2.37. The Hall–Kier alpha value is -1.88. The topological polar surface area (TPSA) is 54.4 Å². The molecule has 0 fully saturated rings. The maximum absolute atomic E-state index is 12.4. The fourth-order valence-corrected chi connectivity index (χ4v) is 4.08. The van der Waals surface area contributed by atoms with Crippen LogP contribution in [0.5, 0.6) is 0 Å². The number of carboxylic acid groups (broad SMARTS) is 1. The molecule has 2 aromatic carbocycles. The van der Waals surface area contributed by atoms with Crippen LogP contribution in [0, 0.1) is 0 Å². The lowest BCUT2D eigenvalue weighted by molar-refractivity contribution is -0.138. The van der Waals surface area contributed by atoms with Crippen LogP contribution in [0.15, 0.2) is 39.3 Å². The highest BCUT2D eigenvalue weighted by molar-refractivity contribution is 9.10. The number of alkyl halides is 6. The summed E-state index contributed by atoms with van der Waals surface area (Å²) < 4.78 is 74.8. The average Bonchev–Trinajstić information content (AvgIpc) is 3.01. The normalized spacial score (nSPS) is 13.5. The summed E-state index contributed by atoms with van der Waals surface area (Å²) in [5, 5.41) is 8.45. The van der Waals surface area contributed by atoms with Crippen molar-refractivity contribution >= 4 is 43.6 Å². The van der Waals surface area contributed by atoms with E-state index in [1.807, 2.05) is 0 Å². The van der Waals surface area contributed by atoms with Gasteiger partial charge in [-0.25, -0.2) is 0 Å². The fourth-order valence-electron chi connectivity index (χ4n) is 2.84. The maximum Gasteiger partial charge on any atom is 0.416 e. The standard InChI is InChI=1S/C10H8BrF3O2.C10H6BrF3O/c11-8-5-7(10(12,13)14)3-1-6(8)2-4-9(15)16;11-8-4-5(10(12,13)14)3-7-6(8)1-2-9(7)15/h1,3,5H,2,4H2,(H,15,16);3-4H,1-2H2. The molecule has 0 bridgehead atoms. The molecule has 0 saturated carbocycles. The average molecular weight is 576 g/mol. The molecule has 0 amide bonds. The molecule has 0 atom stereocenters. The van der Waals surface area contributed by atoms with Gasteiger partial charge >= 0.3 is 18.3 Å². The summed E-state index contributed by atoms with van der Waals surface area (Å²) in [5.41, 5.74) is -0.0816. The number of carbonyl (C=O) groups is 2. The summed E-state index contributed by atoms with van der Waals surface area (Å²) in [5.74, 6) is -1.19. The molecule has 0 heterocycles. The van der Waals surface area contributed by atoms with Gasteiger partial charge in [-0.15, -0.1) is 0 Å². The quantitative estimate of drug-likeness (QED) is 0.398. The molecule has 1 N–H and O–H groups in total. The Labute approximate surface area is 189 Å². The number of Topliss-reactive ketones (excluding diaryl/α,β-unsaturated/α-hetero) is 1. The first kappa shape index (κ1) is 25.4. The van der Waals surface area contributed by atoms with Gasteiger partial charge in [0.05, 0.1) is 11.1 Å². The van der Waals surface area contributed by atoms with E-state index >= 15 is 0 Å². The Morgan fingerprint density at radius 3 is 2.00 bits per heavy atom. The predicted octanol–water partition coefficient (Wildman–Crippen LogP) is 7.08. The minimum Gasteiger partial charge on any atom is -0.481 e. The van der Waals surface area contributed by atoms with Crippen molar-refractivity contribution in [1.82, 2.24) is 0 Å². The summed E-state index contributed by atoms with van der Waals surface area (Å²) in [6, 6.07) is 5.15. The van der Waals surface area contributed by atoms with Crippen LogP contribution >= 0.6 is 31.9 Å². The van der Waals surface area contributed by atoms with Crippen LogP contribution in [0.25, 0.3) is 0 Å². The van der Waals surface area contributed by atoms with Gasteiger partial charge in [0, 0.05) is 27.4 Å². The van der Waals surface area contributed by atoms with E-state index in [1.54, 1.807) is 0 Å². The highest BCUT2D eigenvalue weighted by Gasteiger charge is 2.34. The molecule has 31 heavy (non-hydrogen) atoms. The van der Waals surface area contributed by atoms with E-state index < -0.39 is 29.4 Å². The van der Waals surface area contributed by atoms with Gasteiger partial charge in [0.15, 0.2) is 5.78 Å². The number of rotatable bonds is 3. The Bertz CT molecular complexity index is 1000. The molecule has 0 unspecified atom stereocenters. The van der Waals surface area contributed by atoms with Gasteiger partial charge in [-0.3, -0.25) is 9.59 Å². The first-order valence-corrected chi connectivity index (χ1v) is 10.3.